The smallest absolute Gasteiger partial charge is 0.133 e. The van der Waals surface area contributed by atoms with E-state index in [4.69, 9.17) is 9.47 Å². The monoisotopic (exact) mass is 300 g/mol. The van der Waals surface area contributed by atoms with E-state index in [0.29, 0.717) is 12.5 Å². The Bertz CT molecular complexity index is 350. The number of halogens is 1. The molecule has 0 spiro atoms. The van der Waals surface area contributed by atoms with Crippen LogP contribution in [0.4, 0.5) is 0 Å². The van der Waals surface area contributed by atoms with Crippen LogP contribution in [0.3, 0.4) is 0 Å². The Hall–Kier alpha value is -0.580. The molecule has 1 fully saturated rings. The second-order valence-electron chi connectivity index (χ2n) is 4.31. The molecule has 0 saturated carbocycles. The molecule has 1 aliphatic rings. The molecule has 1 aromatic rings. The van der Waals surface area contributed by atoms with E-state index in [-0.39, 0.29) is 12.5 Å². The zero-order valence-corrected chi connectivity index (χ0v) is 11.2. The van der Waals surface area contributed by atoms with E-state index < -0.39 is 0 Å². The van der Waals surface area contributed by atoms with Gasteiger partial charge in [0.1, 0.15) is 5.75 Å². The van der Waals surface area contributed by atoms with Gasteiger partial charge in [-0.1, -0.05) is 12.1 Å². The largest absolute Gasteiger partial charge is 0.492 e. The average Bonchev–Trinajstić information content (AvgIpc) is 2.86. The van der Waals surface area contributed by atoms with E-state index in [1.54, 1.807) is 0 Å². The normalized spacial score (nSPS) is 21.4. The molecular weight excluding hydrogens is 284 g/mol. The van der Waals surface area contributed by atoms with Crippen molar-refractivity contribution in [3.05, 3.63) is 28.7 Å². The fourth-order valence-electron chi connectivity index (χ4n) is 2.02. The van der Waals surface area contributed by atoms with Crippen LogP contribution in [0.2, 0.25) is 0 Å². The minimum atomic E-state index is 0.151. The number of ether oxygens (including phenoxy) is 2. The zero-order chi connectivity index (χ0) is 12.1. The molecule has 0 radical (unpaired) electrons. The summed E-state index contributed by atoms with van der Waals surface area (Å²) in [7, 11) is 0. The summed E-state index contributed by atoms with van der Waals surface area (Å²) in [6.07, 6.45) is 1.02. The molecule has 3 nitrogen and oxygen atoms in total. The van der Waals surface area contributed by atoms with Crippen molar-refractivity contribution in [3.63, 3.8) is 0 Å². The lowest BCUT2D eigenvalue weighted by Crippen LogP contribution is -2.25. The lowest BCUT2D eigenvalue weighted by Gasteiger charge is -2.20. The summed E-state index contributed by atoms with van der Waals surface area (Å²) >= 11 is 3.44. The van der Waals surface area contributed by atoms with Gasteiger partial charge in [-0.2, -0.15) is 0 Å². The molecular formula is C13H17BrO3. The van der Waals surface area contributed by atoms with Crippen LogP contribution >= 0.6 is 15.9 Å². The first kappa shape index (κ1) is 12.9. The fraction of sp³-hybridized carbons (Fsp3) is 0.538. The summed E-state index contributed by atoms with van der Waals surface area (Å²) in [5.41, 5.74) is 0. The lowest BCUT2D eigenvalue weighted by atomic mass is 9.93. The highest BCUT2D eigenvalue weighted by Gasteiger charge is 2.25. The number of aliphatic hydroxyl groups is 1. The Balaban J connectivity index is 1.89. The van der Waals surface area contributed by atoms with Crippen molar-refractivity contribution in [3.8, 4) is 5.75 Å². The van der Waals surface area contributed by atoms with Gasteiger partial charge in [0.25, 0.3) is 0 Å². The molecule has 0 amide bonds. The number of rotatable bonds is 5. The predicted octanol–water partition coefficient (Wildman–Crippen LogP) is 2.47. The molecule has 1 aliphatic heterocycles. The van der Waals surface area contributed by atoms with Crippen molar-refractivity contribution < 1.29 is 14.6 Å². The summed E-state index contributed by atoms with van der Waals surface area (Å²) < 4.78 is 12.0. The fourth-order valence-corrected chi connectivity index (χ4v) is 2.42. The number of benzene rings is 1. The van der Waals surface area contributed by atoms with Gasteiger partial charge < -0.3 is 14.6 Å². The summed E-state index contributed by atoms with van der Waals surface area (Å²) in [6.45, 7) is 2.23. The van der Waals surface area contributed by atoms with Gasteiger partial charge in [0.05, 0.1) is 11.1 Å². The second kappa shape index (κ2) is 6.38. The van der Waals surface area contributed by atoms with Crippen LogP contribution in [0, 0.1) is 11.8 Å². The quantitative estimate of drug-likeness (QED) is 0.908. The van der Waals surface area contributed by atoms with E-state index >= 15 is 0 Å². The lowest BCUT2D eigenvalue weighted by molar-refractivity contribution is 0.102. The number of para-hydroxylation sites is 1. The molecule has 2 atom stereocenters. The van der Waals surface area contributed by atoms with E-state index in [2.05, 4.69) is 15.9 Å². The van der Waals surface area contributed by atoms with Gasteiger partial charge in [0, 0.05) is 25.7 Å². The van der Waals surface area contributed by atoms with Gasteiger partial charge in [-0.15, -0.1) is 0 Å². The highest BCUT2D eigenvalue weighted by molar-refractivity contribution is 9.10. The molecule has 17 heavy (non-hydrogen) atoms. The highest BCUT2D eigenvalue weighted by atomic mass is 79.9. The maximum absolute atomic E-state index is 9.39. The highest BCUT2D eigenvalue weighted by Crippen LogP contribution is 2.27. The summed E-state index contributed by atoms with van der Waals surface area (Å²) in [6, 6.07) is 7.75. The first-order valence-corrected chi connectivity index (χ1v) is 6.66. The van der Waals surface area contributed by atoms with Crippen LogP contribution in [0.25, 0.3) is 0 Å². The van der Waals surface area contributed by atoms with Crippen molar-refractivity contribution in [2.24, 2.45) is 11.8 Å². The number of hydrogen-bond acceptors (Lipinski definition) is 3. The standard InChI is InChI=1S/C13H17BrO3/c14-12-3-1-2-4-13(12)17-9-11(7-15)10-5-6-16-8-10/h1-4,10-11,15H,5-9H2. The maximum Gasteiger partial charge on any atom is 0.133 e. The molecule has 1 N–H and O–H groups in total. The average molecular weight is 301 g/mol. The summed E-state index contributed by atoms with van der Waals surface area (Å²) in [5, 5.41) is 9.39. The summed E-state index contributed by atoms with van der Waals surface area (Å²) in [5.74, 6) is 1.40. The van der Waals surface area contributed by atoms with E-state index in [1.165, 1.54) is 0 Å². The van der Waals surface area contributed by atoms with Crippen molar-refractivity contribution in [1.29, 1.82) is 0 Å². The molecule has 0 bridgehead atoms. The molecule has 2 rings (SSSR count). The van der Waals surface area contributed by atoms with Crippen molar-refractivity contribution >= 4 is 15.9 Å². The van der Waals surface area contributed by atoms with Gasteiger partial charge >= 0.3 is 0 Å². The predicted molar refractivity (Wildman–Crippen MR) is 69.1 cm³/mol. The van der Waals surface area contributed by atoms with Gasteiger partial charge in [0.2, 0.25) is 0 Å². The molecule has 0 aromatic heterocycles. The Labute approximate surface area is 110 Å². The van der Waals surface area contributed by atoms with Gasteiger partial charge in [-0.05, 0) is 40.4 Å². The first-order valence-electron chi connectivity index (χ1n) is 5.87. The number of aliphatic hydroxyl groups excluding tert-OH is 1. The van der Waals surface area contributed by atoms with E-state index in [1.807, 2.05) is 24.3 Å². The third-order valence-electron chi connectivity index (χ3n) is 3.16. The Morgan fingerprint density at radius 3 is 2.94 bits per heavy atom. The van der Waals surface area contributed by atoms with Crippen molar-refractivity contribution in [2.75, 3.05) is 26.4 Å². The van der Waals surface area contributed by atoms with Crippen LogP contribution < -0.4 is 4.74 Å². The SMILES string of the molecule is OCC(COc1ccccc1Br)C1CCOC1. The third-order valence-corrected chi connectivity index (χ3v) is 3.81. The van der Waals surface area contributed by atoms with Gasteiger partial charge in [-0.3, -0.25) is 0 Å². The Kier molecular flexibility index (Phi) is 4.83. The Morgan fingerprint density at radius 1 is 1.47 bits per heavy atom. The maximum atomic E-state index is 9.39. The van der Waals surface area contributed by atoms with Crippen LogP contribution in [-0.4, -0.2) is 31.5 Å². The summed E-state index contributed by atoms with van der Waals surface area (Å²) in [4.78, 5) is 0. The molecule has 4 heteroatoms. The zero-order valence-electron chi connectivity index (χ0n) is 9.64. The topological polar surface area (TPSA) is 38.7 Å². The third kappa shape index (κ3) is 3.44. The first-order chi connectivity index (χ1) is 8.31. The van der Waals surface area contributed by atoms with Crippen molar-refractivity contribution in [1.82, 2.24) is 0 Å². The minimum Gasteiger partial charge on any atom is -0.492 e. The second-order valence-corrected chi connectivity index (χ2v) is 5.16. The molecule has 0 aliphatic carbocycles. The molecule has 1 aromatic carbocycles. The minimum absolute atomic E-state index is 0.151. The van der Waals surface area contributed by atoms with Crippen molar-refractivity contribution in [2.45, 2.75) is 6.42 Å². The molecule has 1 heterocycles. The van der Waals surface area contributed by atoms with Gasteiger partial charge in [-0.25, -0.2) is 0 Å². The molecule has 2 unspecified atom stereocenters. The van der Waals surface area contributed by atoms with E-state index in [9.17, 15) is 5.11 Å². The van der Waals surface area contributed by atoms with Gasteiger partial charge in [0.15, 0.2) is 0 Å². The molecule has 94 valence electrons. The molecule has 1 saturated heterocycles. The number of hydrogen-bond donors (Lipinski definition) is 1. The Morgan fingerprint density at radius 2 is 2.29 bits per heavy atom. The van der Waals surface area contributed by atoms with Crippen LogP contribution in [0.5, 0.6) is 5.75 Å². The van der Waals surface area contributed by atoms with Crippen LogP contribution in [0.15, 0.2) is 28.7 Å². The van der Waals surface area contributed by atoms with Crippen LogP contribution in [0.1, 0.15) is 6.42 Å². The van der Waals surface area contributed by atoms with Crippen LogP contribution in [-0.2, 0) is 4.74 Å². The van der Waals surface area contributed by atoms with E-state index in [0.717, 1.165) is 29.9 Å².